The Morgan fingerprint density at radius 2 is 1.75 bits per heavy atom. The summed E-state index contributed by atoms with van der Waals surface area (Å²) in [5.41, 5.74) is 1.65. The van der Waals surface area contributed by atoms with E-state index in [2.05, 4.69) is 22.0 Å². The van der Waals surface area contributed by atoms with E-state index in [9.17, 15) is 14.4 Å². The Bertz CT molecular complexity index is 1220. The number of nitrogens with zero attached hydrogens (tertiary/aromatic N) is 3. The van der Waals surface area contributed by atoms with Crippen molar-refractivity contribution in [2.45, 2.75) is 19.9 Å². The van der Waals surface area contributed by atoms with Crippen molar-refractivity contribution < 1.29 is 9.53 Å². The Labute approximate surface area is 186 Å². The Morgan fingerprint density at radius 3 is 2.41 bits per heavy atom. The predicted octanol–water partition coefficient (Wildman–Crippen LogP) is 1.72. The highest BCUT2D eigenvalue weighted by molar-refractivity contribution is 5.97. The Morgan fingerprint density at radius 1 is 1.03 bits per heavy atom. The number of benzene rings is 2. The molecular weight excluding hydrogens is 408 g/mol. The molecule has 1 aromatic heterocycles. The number of carbonyl (C=O) groups is 1. The lowest BCUT2D eigenvalue weighted by atomic mass is 10.1. The smallest absolute Gasteiger partial charge is 0.316 e. The monoisotopic (exact) mass is 436 g/mol. The summed E-state index contributed by atoms with van der Waals surface area (Å²) < 4.78 is 6.62. The van der Waals surface area contributed by atoms with Crippen molar-refractivity contribution in [2.75, 3.05) is 39.8 Å². The number of aromatic nitrogens is 2. The van der Waals surface area contributed by atoms with Gasteiger partial charge in [0.25, 0.3) is 5.91 Å². The van der Waals surface area contributed by atoms with Crippen molar-refractivity contribution in [1.82, 2.24) is 19.4 Å². The molecule has 0 saturated carbocycles. The number of nitrogens with one attached hydrogen (secondary N) is 1. The summed E-state index contributed by atoms with van der Waals surface area (Å²) in [6.45, 7) is 6.11. The van der Waals surface area contributed by atoms with E-state index in [1.807, 2.05) is 24.0 Å². The van der Waals surface area contributed by atoms with Crippen LogP contribution in [0.5, 0.6) is 5.75 Å². The van der Waals surface area contributed by atoms with Crippen molar-refractivity contribution in [3.63, 3.8) is 0 Å². The van der Waals surface area contributed by atoms with Crippen LogP contribution in [0.3, 0.4) is 0 Å². The predicted molar refractivity (Wildman–Crippen MR) is 124 cm³/mol. The normalized spacial score (nSPS) is 14.6. The van der Waals surface area contributed by atoms with Gasteiger partial charge in [0, 0.05) is 44.8 Å². The van der Waals surface area contributed by atoms with Crippen molar-refractivity contribution in [2.24, 2.45) is 0 Å². The highest BCUT2D eigenvalue weighted by Crippen LogP contribution is 2.16. The fraction of sp³-hybridized carbons (Fsp3) is 0.375. The molecule has 1 N–H and O–H groups in total. The molecule has 0 atom stereocenters. The van der Waals surface area contributed by atoms with Crippen LogP contribution >= 0.6 is 0 Å². The zero-order valence-electron chi connectivity index (χ0n) is 18.5. The molecule has 32 heavy (non-hydrogen) atoms. The van der Waals surface area contributed by atoms with E-state index in [1.165, 1.54) is 10.1 Å². The molecule has 1 aliphatic heterocycles. The van der Waals surface area contributed by atoms with E-state index in [0.29, 0.717) is 36.2 Å². The van der Waals surface area contributed by atoms with Crippen LogP contribution < -0.4 is 15.9 Å². The first-order valence-corrected chi connectivity index (χ1v) is 10.9. The van der Waals surface area contributed by atoms with Gasteiger partial charge in [-0.25, -0.2) is 0 Å². The van der Waals surface area contributed by atoms with Crippen LogP contribution in [0.25, 0.3) is 11.0 Å². The third-order valence-corrected chi connectivity index (χ3v) is 6.07. The molecule has 4 rings (SSSR count). The van der Waals surface area contributed by atoms with Gasteiger partial charge in [-0.1, -0.05) is 12.1 Å². The minimum absolute atomic E-state index is 0.0585. The van der Waals surface area contributed by atoms with Crippen LogP contribution in [0.4, 0.5) is 0 Å². The molecule has 1 fully saturated rings. The Hall–Kier alpha value is -3.39. The fourth-order valence-electron chi connectivity index (χ4n) is 4.16. The Balaban J connectivity index is 1.38. The molecule has 0 aliphatic carbocycles. The van der Waals surface area contributed by atoms with Crippen molar-refractivity contribution in [1.29, 1.82) is 0 Å². The van der Waals surface area contributed by atoms with Gasteiger partial charge < -0.3 is 19.2 Å². The first-order chi connectivity index (χ1) is 15.5. The maximum absolute atomic E-state index is 13.0. The number of H-pyrrole nitrogens is 1. The van der Waals surface area contributed by atoms with Gasteiger partial charge in [0.1, 0.15) is 5.75 Å². The topological polar surface area (TPSA) is 87.6 Å². The third-order valence-electron chi connectivity index (χ3n) is 6.07. The number of rotatable bonds is 6. The van der Waals surface area contributed by atoms with Gasteiger partial charge in [0.15, 0.2) is 0 Å². The van der Waals surface area contributed by atoms with Crippen molar-refractivity contribution >= 4 is 16.9 Å². The molecule has 0 unspecified atom stereocenters. The average Bonchev–Trinajstić information content (AvgIpc) is 2.83. The highest BCUT2D eigenvalue weighted by atomic mass is 16.5. The van der Waals surface area contributed by atoms with Gasteiger partial charge in [-0.2, -0.15) is 0 Å². The van der Waals surface area contributed by atoms with E-state index in [1.54, 1.807) is 25.3 Å². The zero-order chi connectivity index (χ0) is 22.7. The molecule has 8 heteroatoms. The van der Waals surface area contributed by atoms with E-state index < -0.39 is 11.1 Å². The van der Waals surface area contributed by atoms with Crippen LogP contribution in [0, 0.1) is 0 Å². The van der Waals surface area contributed by atoms with Crippen LogP contribution in [-0.4, -0.2) is 65.1 Å². The van der Waals surface area contributed by atoms with Crippen LogP contribution in [0.15, 0.2) is 52.1 Å². The maximum atomic E-state index is 13.0. The largest absolute Gasteiger partial charge is 0.497 e. The third kappa shape index (κ3) is 4.45. The molecule has 8 nitrogen and oxygen atoms in total. The van der Waals surface area contributed by atoms with Gasteiger partial charge in [-0.05, 0) is 49.2 Å². The van der Waals surface area contributed by atoms with E-state index >= 15 is 0 Å². The van der Waals surface area contributed by atoms with Crippen LogP contribution in [-0.2, 0) is 13.0 Å². The standard InChI is InChI=1S/C24H28N4O4/c1-3-28-21-9-6-18(16-20(21)25-22(29)24(28)31)23(30)27-14-12-26(13-15-27)11-10-17-4-7-19(32-2)8-5-17/h4-9,16H,3,10-15H2,1-2H3,(H,25,29). The number of hydrogen-bond acceptors (Lipinski definition) is 5. The van der Waals surface area contributed by atoms with E-state index in [0.717, 1.165) is 31.8 Å². The van der Waals surface area contributed by atoms with Gasteiger partial charge in [0.05, 0.1) is 18.1 Å². The second kappa shape index (κ2) is 9.40. The van der Waals surface area contributed by atoms with E-state index in [-0.39, 0.29) is 5.91 Å². The number of aryl methyl sites for hydroxylation is 1. The number of aromatic amines is 1. The second-order valence-electron chi connectivity index (χ2n) is 7.97. The number of carbonyl (C=O) groups excluding carboxylic acids is 1. The summed E-state index contributed by atoms with van der Waals surface area (Å²) >= 11 is 0. The molecule has 2 aromatic carbocycles. The molecule has 168 valence electrons. The molecule has 1 amide bonds. The summed E-state index contributed by atoms with van der Waals surface area (Å²) in [5.74, 6) is 0.799. The molecule has 1 saturated heterocycles. The van der Waals surface area contributed by atoms with Crippen LogP contribution in [0.1, 0.15) is 22.8 Å². The van der Waals surface area contributed by atoms with Crippen molar-refractivity contribution in [3.8, 4) is 5.75 Å². The SMILES string of the molecule is CCn1c(=O)c(=O)[nH]c2cc(C(=O)N3CCN(CCc4ccc(OC)cc4)CC3)ccc21. The second-order valence-corrected chi connectivity index (χ2v) is 7.97. The van der Waals surface area contributed by atoms with Crippen molar-refractivity contribution in [3.05, 3.63) is 74.3 Å². The lowest BCUT2D eigenvalue weighted by Gasteiger charge is -2.34. The zero-order valence-corrected chi connectivity index (χ0v) is 18.5. The molecule has 3 aromatic rings. The minimum atomic E-state index is -0.672. The van der Waals surface area contributed by atoms with Gasteiger partial charge >= 0.3 is 11.1 Å². The van der Waals surface area contributed by atoms with Crippen LogP contribution in [0.2, 0.25) is 0 Å². The number of ether oxygens (including phenoxy) is 1. The summed E-state index contributed by atoms with van der Waals surface area (Å²) in [4.78, 5) is 43.8. The minimum Gasteiger partial charge on any atom is -0.497 e. The number of piperazine rings is 1. The lowest BCUT2D eigenvalue weighted by Crippen LogP contribution is -2.49. The molecule has 2 heterocycles. The summed E-state index contributed by atoms with van der Waals surface area (Å²) in [7, 11) is 1.66. The van der Waals surface area contributed by atoms with Gasteiger partial charge in [0.2, 0.25) is 0 Å². The molecule has 0 bridgehead atoms. The number of amides is 1. The van der Waals surface area contributed by atoms with Gasteiger partial charge in [-0.15, -0.1) is 0 Å². The number of fused-ring (bicyclic) bond motifs is 1. The molecule has 1 aliphatic rings. The molecule has 0 spiro atoms. The maximum Gasteiger partial charge on any atom is 0.316 e. The quantitative estimate of drug-likeness (QED) is 0.595. The fourth-order valence-corrected chi connectivity index (χ4v) is 4.16. The summed E-state index contributed by atoms with van der Waals surface area (Å²) in [6, 6.07) is 13.2. The highest BCUT2D eigenvalue weighted by Gasteiger charge is 2.22. The summed E-state index contributed by atoms with van der Waals surface area (Å²) in [5, 5.41) is 0. The average molecular weight is 437 g/mol. The first-order valence-electron chi connectivity index (χ1n) is 10.9. The van der Waals surface area contributed by atoms with E-state index in [4.69, 9.17) is 4.74 Å². The molecule has 0 radical (unpaired) electrons. The number of methoxy groups -OCH3 is 1. The molecular formula is C24H28N4O4. The first kappa shape index (κ1) is 21.8. The van der Waals surface area contributed by atoms with Gasteiger partial charge in [-0.3, -0.25) is 19.3 Å². The lowest BCUT2D eigenvalue weighted by molar-refractivity contribution is 0.0638. The Kier molecular flexibility index (Phi) is 6.41. The summed E-state index contributed by atoms with van der Waals surface area (Å²) in [6.07, 6.45) is 0.953. The number of hydrogen-bond donors (Lipinski definition) is 1.